The summed E-state index contributed by atoms with van der Waals surface area (Å²) in [6.45, 7) is 9.51. The number of amides is 1. The normalized spacial score (nSPS) is 10.5. The highest BCUT2D eigenvalue weighted by Gasteiger charge is 2.11. The van der Waals surface area contributed by atoms with Crippen molar-refractivity contribution in [3.63, 3.8) is 0 Å². The van der Waals surface area contributed by atoms with Crippen molar-refractivity contribution in [2.75, 3.05) is 11.9 Å². The molecule has 7 heteroatoms. The number of anilines is 1. The molecule has 1 N–H and O–H groups in total. The Morgan fingerprint density at radius 2 is 2.27 bits per heavy atom. The second-order valence-corrected chi connectivity index (χ2v) is 5.15. The molecule has 0 atom stereocenters. The lowest BCUT2D eigenvalue weighted by Crippen LogP contribution is -2.21. The van der Waals surface area contributed by atoms with Gasteiger partial charge in [0.2, 0.25) is 0 Å². The summed E-state index contributed by atoms with van der Waals surface area (Å²) in [5, 5.41) is 13.7. The van der Waals surface area contributed by atoms with Crippen molar-refractivity contribution < 1.29 is 9.53 Å². The van der Waals surface area contributed by atoms with E-state index in [0.717, 1.165) is 15.9 Å². The molecule has 7 nitrogen and oxygen atoms in total. The van der Waals surface area contributed by atoms with E-state index < -0.39 is 0 Å². The van der Waals surface area contributed by atoms with Gasteiger partial charge in [-0.15, -0.1) is 9.90 Å². The maximum atomic E-state index is 11.9. The Labute approximate surface area is 129 Å². The van der Waals surface area contributed by atoms with E-state index in [1.54, 1.807) is 0 Å². The monoisotopic (exact) mass is 301 g/mol. The van der Waals surface area contributed by atoms with Crippen LogP contribution in [0.4, 0.5) is 5.95 Å². The van der Waals surface area contributed by atoms with Crippen molar-refractivity contribution in [2.24, 2.45) is 0 Å². The highest BCUT2D eigenvalue weighted by molar-refractivity contribution is 5.90. The predicted octanol–water partition coefficient (Wildman–Crippen LogP) is 2.22. The number of hydrogen-bond acceptors (Lipinski definition) is 5. The molecule has 1 amide bonds. The smallest absolute Gasteiger partial charge is 0.270 e. The van der Waals surface area contributed by atoms with Crippen LogP contribution in [0.15, 0.2) is 24.8 Å². The van der Waals surface area contributed by atoms with Crippen molar-refractivity contribution in [1.82, 2.24) is 20.2 Å². The molecule has 22 heavy (non-hydrogen) atoms. The van der Waals surface area contributed by atoms with Gasteiger partial charge >= 0.3 is 0 Å². The number of nitrogens with one attached hydrogen (secondary N) is 1. The summed E-state index contributed by atoms with van der Waals surface area (Å²) in [6.07, 6.45) is 1.38. The number of aryl methyl sites for hydroxylation is 1. The van der Waals surface area contributed by atoms with Gasteiger partial charge in [-0.2, -0.15) is 0 Å². The lowest BCUT2D eigenvalue weighted by molar-refractivity contribution is -0.118. The van der Waals surface area contributed by atoms with Gasteiger partial charge in [-0.3, -0.25) is 10.1 Å². The van der Waals surface area contributed by atoms with Gasteiger partial charge in [-0.05, 0) is 35.2 Å². The van der Waals surface area contributed by atoms with Gasteiger partial charge in [0.05, 0.1) is 0 Å². The molecule has 0 aliphatic heterocycles. The Bertz CT molecular complexity index is 678. The van der Waals surface area contributed by atoms with E-state index in [0.29, 0.717) is 11.7 Å². The summed E-state index contributed by atoms with van der Waals surface area (Å²) in [5.74, 6) is 0.794. The molecule has 2 rings (SSSR count). The van der Waals surface area contributed by atoms with E-state index in [1.807, 2.05) is 25.1 Å². The van der Waals surface area contributed by atoms with Crippen LogP contribution >= 0.6 is 0 Å². The van der Waals surface area contributed by atoms with Crippen LogP contribution in [-0.4, -0.2) is 32.7 Å². The van der Waals surface area contributed by atoms with Crippen LogP contribution in [0.2, 0.25) is 0 Å². The lowest BCUT2D eigenvalue weighted by Gasteiger charge is -2.14. The van der Waals surface area contributed by atoms with Gasteiger partial charge in [-0.1, -0.05) is 37.7 Å². The molecular formula is C15H19N5O2. The molecule has 0 saturated heterocycles. The van der Waals surface area contributed by atoms with Gasteiger partial charge in [-0.25, -0.2) is 0 Å². The molecule has 0 saturated carbocycles. The van der Waals surface area contributed by atoms with Crippen molar-refractivity contribution in [3.05, 3.63) is 35.9 Å². The number of benzene rings is 1. The molecular weight excluding hydrogens is 282 g/mol. The minimum absolute atomic E-state index is 0.113. The number of tetrazole rings is 1. The highest BCUT2D eigenvalue weighted by atomic mass is 16.5. The Kier molecular flexibility index (Phi) is 4.88. The first-order chi connectivity index (χ1) is 10.5. The second kappa shape index (κ2) is 6.84. The maximum Gasteiger partial charge on any atom is 0.270 e. The maximum absolute atomic E-state index is 11.9. The molecule has 1 aromatic carbocycles. The summed E-state index contributed by atoms with van der Waals surface area (Å²) in [6, 6.07) is 5.97. The Morgan fingerprint density at radius 3 is 2.91 bits per heavy atom. The van der Waals surface area contributed by atoms with Gasteiger partial charge < -0.3 is 4.74 Å². The van der Waals surface area contributed by atoms with Crippen LogP contribution in [0.1, 0.15) is 30.9 Å². The number of nitrogens with zero attached hydrogens (tertiary/aromatic N) is 4. The fraction of sp³-hybridized carbons (Fsp3) is 0.333. The van der Waals surface area contributed by atoms with Crippen LogP contribution in [0, 0.1) is 6.92 Å². The molecule has 0 bridgehead atoms. The van der Waals surface area contributed by atoms with Crippen molar-refractivity contribution >= 4 is 18.1 Å². The quantitative estimate of drug-likeness (QED) is 0.884. The van der Waals surface area contributed by atoms with Gasteiger partial charge in [0.25, 0.3) is 11.9 Å². The number of carbonyl (C=O) groups excluding carboxylic acids is 1. The minimum Gasteiger partial charge on any atom is -0.483 e. The predicted molar refractivity (Wildman–Crippen MR) is 83.6 cm³/mol. The second-order valence-electron chi connectivity index (χ2n) is 5.15. The van der Waals surface area contributed by atoms with Crippen LogP contribution in [0.25, 0.3) is 6.20 Å². The topological polar surface area (TPSA) is 81.9 Å². The van der Waals surface area contributed by atoms with E-state index in [1.165, 1.54) is 6.20 Å². The lowest BCUT2D eigenvalue weighted by atomic mass is 10.0. The van der Waals surface area contributed by atoms with Crippen LogP contribution in [0.5, 0.6) is 5.75 Å². The molecule has 0 aliphatic rings. The van der Waals surface area contributed by atoms with E-state index in [4.69, 9.17) is 4.74 Å². The highest BCUT2D eigenvalue weighted by Crippen LogP contribution is 2.27. The fourth-order valence-corrected chi connectivity index (χ4v) is 1.90. The zero-order valence-corrected chi connectivity index (χ0v) is 12.9. The van der Waals surface area contributed by atoms with Crippen molar-refractivity contribution in [2.45, 2.75) is 26.7 Å². The zero-order chi connectivity index (χ0) is 16.1. The summed E-state index contributed by atoms with van der Waals surface area (Å²) in [5.41, 5.74) is 2.14. The molecule has 0 fully saturated rings. The third-order valence-corrected chi connectivity index (χ3v) is 2.99. The van der Waals surface area contributed by atoms with Crippen molar-refractivity contribution in [1.29, 1.82) is 0 Å². The number of aromatic nitrogens is 4. The fourth-order valence-electron chi connectivity index (χ4n) is 1.90. The van der Waals surface area contributed by atoms with Gasteiger partial charge in [0.15, 0.2) is 6.61 Å². The molecule has 1 aromatic heterocycles. The molecule has 0 unspecified atom stereocenters. The molecule has 2 aromatic rings. The number of ether oxygens (including phenoxy) is 1. The third kappa shape index (κ3) is 3.91. The van der Waals surface area contributed by atoms with Crippen LogP contribution in [0.3, 0.4) is 0 Å². The van der Waals surface area contributed by atoms with Crippen LogP contribution < -0.4 is 10.1 Å². The molecule has 0 radical (unpaired) electrons. The summed E-state index contributed by atoms with van der Waals surface area (Å²) < 4.78 is 5.63. The molecule has 116 valence electrons. The van der Waals surface area contributed by atoms with Gasteiger partial charge in [0, 0.05) is 6.20 Å². The Morgan fingerprint density at radius 1 is 1.50 bits per heavy atom. The van der Waals surface area contributed by atoms with Crippen LogP contribution in [-0.2, 0) is 4.79 Å². The summed E-state index contributed by atoms with van der Waals surface area (Å²) in [4.78, 5) is 13.0. The average molecular weight is 301 g/mol. The summed E-state index contributed by atoms with van der Waals surface area (Å²) in [7, 11) is 0. The minimum atomic E-state index is -0.347. The largest absolute Gasteiger partial charge is 0.483 e. The number of hydrogen-bond donors (Lipinski definition) is 1. The first-order valence-electron chi connectivity index (χ1n) is 6.95. The summed E-state index contributed by atoms with van der Waals surface area (Å²) >= 11 is 0. The van der Waals surface area contributed by atoms with Gasteiger partial charge in [0.1, 0.15) is 5.75 Å². The SMILES string of the molecule is C=Cn1nnc(NC(=O)COc2cc(C)ccc2C(C)C)n1. The van der Waals surface area contributed by atoms with E-state index in [-0.39, 0.29) is 18.5 Å². The van der Waals surface area contributed by atoms with E-state index in [9.17, 15) is 4.79 Å². The first-order valence-corrected chi connectivity index (χ1v) is 6.95. The average Bonchev–Trinajstić information content (AvgIpc) is 2.92. The van der Waals surface area contributed by atoms with Crippen molar-refractivity contribution in [3.8, 4) is 5.75 Å². The number of rotatable bonds is 6. The first kappa shape index (κ1) is 15.7. The standard InChI is InChI=1S/C15H19N5O2/c1-5-20-18-15(17-19-20)16-14(21)9-22-13-8-11(4)6-7-12(13)10(2)3/h5-8,10H,1,9H2,2-4H3,(H,16,18,21). The van der Waals surface area contributed by atoms with E-state index >= 15 is 0 Å². The number of carbonyl (C=O) groups is 1. The Balaban J connectivity index is 1.98. The zero-order valence-electron chi connectivity index (χ0n) is 12.9. The third-order valence-electron chi connectivity index (χ3n) is 2.99. The molecule has 1 heterocycles. The van der Waals surface area contributed by atoms with E-state index in [2.05, 4.69) is 41.2 Å². The molecule has 0 spiro atoms. The molecule has 0 aliphatic carbocycles. The Hall–Kier alpha value is -2.70.